The van der Waals surface area contributed by atoms with E-state index in [4.69, 9.17) is 5.14 Å². The van der Waals surface area contributed by atoms with Crippen molar-refractivity contribution in [2.75, 3.05) is 4.72 Å². The number of benzene rings is 1. The molecule has 2 rings (SSSR count). The van der Waals surface area contributed by atoms with E-state index in [1.165, 1.54) is 17.1 Å². The number of primary sulfonamides is 1. The summed E-state index contributed by atoms with van der Waals surface area (Å²) in [5.41, 5.74) is -0.483. The maximum absolute atomic E-state index is 13.2. The van der Waals surface area contributed by atoms with E-state index in [1.54, 1.807) is 7.05 Å². The Kier molecular flexibility index (Phi) is 3.74. The molecule has 0 aliphatic rings. The fourth-order valence-electron chi connectivity index (χ4n) is 1.55. The number of nitrogens with two attached hydrogens (primary N) is 1. The molecular weight excluding hydrogens is 323 g/mol. The minimum atomic E-state index is -4.22. The normalized spacial score (nSPS) is 12.3. The van der Waals surface area contributed by atoms with Crippen molar-refractivity contribution in [1.29, 1.82) is 0 Å². The highest BCUT2D eigenvalue weighted by Crippen LogP contribution is 2.23. The topological polar surface area (TPSA) is 124 Å². The van der Waals surface area contributed by atoms with E-state index < -0.39 is 36.4 Å². The van der Waals surface area contributed by atoms with E-state index in [-0.39, 0.29) is 5.03 Å². The second-order valence-electron chi connectivity index (χ2n) is 4.17. The van der Waals surface area contributed by atoms with Crippen LogP contribution in [0.25, 0.3) is 0 Å². The molecule has 0 bridgehead atoms. The van der Waals surface area contributed by atoms with Crippen molar-refractivity contribution in [3.05, 3.63) is 36.5 Å². The van der Waals surface area contributed by atoms with Crippen molar-refractivity contribution in [2.45, 2.75) is 9.92 Å². The Bertz CT molecular complexity index is 890. The molecule has 0 fully saturated rings. The number of rotatable bonds is 4. The third-order valence-corrected chi connectivity index (χ3v) is 4.67. The second-order valence-corrected chi connectivity index (χ2v) is 7.33. The number of imidazole rings is 1. The summed E-state index contributed by atoms with van der Waals surface area (Å²) in [6.45, 7) is 0. The lowest BCUT2D eigenvalue weighted by Crippen LogP contribution is -2.19. The third-order valence-electron chi connectivity index (χ3n) is 2.45. The monoisotopic (exact) mass is 334 g/mol. The fourth-order valence-corrected chi connectivity index (χ4v) is 3.35. The fraction of sp³-hybridized carbons (Fsp3) is 0.100. The number of nitrogens with one attached hydrogen (secondary N) is 1. The Balaban J connectivity index is 2.51. The lowest BCUT2D eigenvalue weighted by atomic mass is 10.3. The minimum absolute atomic E-state index is 0.338. The number of sulfonamides is 2. The Morgan fingerprint density at radius 1 is 1.29 bits per heavy atom. The van der Waals surface area contributed by atoms with Gasteiger partial charge in [0.2, 0.25) is 10.0 Å². The molecule has 0 atom stereocenters. The van der Waals surface area contributed by atoms with E-state index in [0.717, 1.165) is 18.2 Å². The zero-order valence-corrected chi connectivity index (χ0v) is 12.3. The van der Waals surface area contributed by atoms with Crippen LogP contribution in [0.5, 0.6) is 0 Å². The van der Waals surface area contributed by atoms with E-state index >= 15 is 0 Å². The van der Waals surface area contributed by atoms with Gasteiger partial charge in [-0.1, -0.05) is 0 Å². The third kappa shape index (κ3) is 3.37. The average Bonchev–Trinajstić information content (AvgIpc) is 2.74. The number of hydrogen-bond acceptors (Lipinski definition) is 5. The molecule has 11 heteroatoms. The highest BCUT2D eigenvalue weighted by Gasteiger charge is 2.22. The van der Waals surface area contributed by atoms with E-state index in [9.17, 15) is 21.2 Å². The Morgan fingerprint density at radius 3 is 2.48 bits per heavy atom. The molecule has 0 unspecified atom stereocenters. The van der Waals surface area contributed by atoms with Gasteiger partial charge in [0.25, 0.3) is 10.0 Å². The van der Waals surface area contributed by atoms with Gasteiger partial charge >= 0.3 is 0 Å². The van der Waals surface area contributed by atoms with Crippen LogP contribution in [0.4, 0.5) is 10.1 Å². The van der Waals surface area contributed by atoms with E-state index in [1.807, 2.05) is 4.72 Å². The van der Waals surface area contributed by atoms with Gasteiger partial charge in [-0.05, 0) is 18.2 Å². The maximum atomic E-state index is 13.2. The Labute approximate surface area is 120 Å². The van der Waals surface area contributed by atoms with E-state index in [2.05, 4.69) is 4.98 Å². The molecule has 1 aromatic carbocycles. The molecule has 0 saturated heterocycles. The molecule has 3 N–H and O–H groups in total. The van der Waals surface area contributed by atoms with Gasteiger partial charge in [0.15, 0.2) is 5.03 Å². The van der Waals surface area contributed by atoms with Crippen LogP contribution in [0.3, 0.4) is 0 Å². The summed E-state index contributed by atoms with van der Waals surface area (Å²) < 4.78 is 63.5. The van der Waals surface area contributed by atoms with Crippen LogP contribution in [0.2, 0.25) is 0 Å². The molecule has 8 nitrogen and oxygen atoms in total. The van der Waals surface area contributed by atoms with Gasteiger partial charge in [-0.3, -0.25) is 4.72 Å². The van der Waals surface area contributed by atoms with Gasteiger partial charge in [-0.15, -0.1) is 0 Å². The van der Waals surface area contributed by atoms with Crippen LogP contribution in [0.15, 0.2) is 40.6 Å². The molecule has 0 amide bonds. The number of halogens is 1. The predicted molar refractivity (Wildman–Crippen MR) is 71.8 cm³/mol. The van der Waals surface area contributed by atoms with Gasteiger partial charge in [0, 0.05) is 13.2 Å². The van der Waals surface area contributed by atoms with Crippen LogP contribution in [0, 0.1) is 5.82 Å². The van der Waals surface area contributed by atoms with Gasteiger partial charge in [-0.2, -0.15) is 8.42 Å². The van der Waals surface area contributed by atoms with Gasteiger partial charge in [-0.25, -0.2) is 22.9 Å². The molecule has 0 radical (unpaired) electrons. The van der Waals surface area contributed by atoms with Crippen molar-refractivity contribution in [3.8, 4) is 0 Å². The second kappa shape index (κ2) is 5.09. The summed E-state index contributed by atoms with van der Waals surface area (Å²) in [5, 5.41) is 4.63. The average molecular weight is 334 g/mol. The lowest BCUT2D eigenvalue weighted by Gasteiger charge is -2.10. The van der Waals surface area contributed by atoms with E-state index in [0.29, 0.717) is 0 Å². The molecule has 2 aromatic rings. The van der Waals surface area contributed by atoms with Gasteiger partial charge in [0.1, 0.15) is 10.7 Å². The number of aromatic nitrogens is 2. The first kappa shape index (κ1) is 15.4. The number of aryl methyl sites for hydroxylation is 1. The summed E-state index contributed by atoms with van der Waals surface area (Å²) in [4.78, 5) is 3.10. The SMILES string of the molecule is Cn1cnc(S(=O)(=O)Nc2cc(F)ccc2S(N)(=O)=O)c1. The first-order valence-corrected chi connectivity index (χ1v) is 8.46. The largest absolute Gasteiger partial charge is 0.339 e. The zero-order chi connectivity index (χ0) is 15.8. The predicted octanol–water partition coefficient (Wildman–Crippen LogP) is 0.00740. The van der Waals surface area contributed by atoms with Crippen molar-refractivity contribution in [2.24, 2.45) is 12.2 Å². The molecule has 114 valence electrons. The smallest absolute Gasteiger partial charge is 0.280 e. The minimum Gasteiger partial charge on any atom is -0.339 e. The summed E-state index contributed by atoms with van der Waals surface area (Å²) in [6.07, 6.45) is 2.46. The molecule has 0 saturated carbocycles. The zero-order valence-electron chi connectivity index (χ0n) is 10.7. The molecule has 1 heterocycles. The molecule has 0 aliphatic heterocycles. The van der Waals surface area contributed by atoms with Crippen LogP contribution < -0.4 is 9.86 Å². The van der Waals surface area contributed by atoms with Gasteiger partial charge in [0.05, 0.1) is 12.0 Å². The first-order chi connectivity index (χ1) is 9.59. The number of hydrogen-bond donors (Lipinski definition) is 2. The van der Waals surface area contributed by atoms with Crippen molar-refractivity contribution in [1.82, 2.24) is 9.55 Å². The maximum Gasteiger partial charge on any atom is 0.280 e. The van der Waals surface area contributed by atoms with Crippen molar-refractivity contribution in [3.63, 3.8) is 0 Å². The van der Waals surface area contributed by atoms with Crippen LogP contribution >= 0.6 is 0 Å². The van der Waals surface area contributed by atoms with Crippen molar-refractivity contribution >= 4 is 25.7 Å². The molecule has 21 heavy (non-hydrogen) atoms. The molecule has 0 spiro atoms. The standard InChI is InChI=1S/C10H11FN4O4S2/c1-15-5-10(13-6-15)21(18,19)14-8-4-7(11)2-3-9(8)20(12,16)17/h2-6,14H,1H3,(H2,12,16,17). The lowest BCUT2D eigenvalue weighted by molar-refractivity contribution is 0.596. The number of nitrogens with zero attached hydrogens (tertiary/aromatic N) is 2. The van der Waals surface area contributed by atoms with Crippen molar-refractivity contribution < 1.29 is 21.2 Å². The van der Waals surface area contributed by atoms with Crippen LogP contribution in [0.1, 0.15) is 0 Å². The summed E-state index contributed by atoms with van der Waals surface area (Å²) in [6, 6.07) is 2.46. The Morgan fingerprint density at radius 2 is 1.95 bits per heavy atom. The number of anilines is 1. The van der Waals surface area contributed by atoms with Crippen LogP contribution in [-0.4, -0.2) is 26.4 Å². The van der Waals surface area contributed by atoms with Gasteiger partial charge < -0.3 is 4.57 Å². The molecular formula is C10H11FN4O4S2. The summed E-state index contributed by atoms with van der Waals surface area (Å²) >= 11 is 0. The first-order valence-electron chi connectivity index (χ1n) is 5.43. The summed E-state index contributed by atoms with van der Waals surface area (Å²) in [7, 11) is -6.82. The van der Waals surface area contributed by atoms with Crippen LogP contribution in [-0.2, 0) is 27.1 Å². The summed E-state index contributed by atoms with van der Waals surface area (Å²) in [5.74, 6) is -0.818. The highest BCUT2D eigenvalue weighted by atomic mass is 32.2. The quantitative estimate of drug-likeness (QED) is 0.815. The molecule has 1 aromatic heterocycles. The Hall–Kier alpha value is -1.98. The molecule has 0 aliphatic carbocycles. The highest BCUT2D eigenvalue weighted by molar-refractivity contribution is 7.93.